The number of aromatic amines is 1. The summed E-state index contributed by atoms with van der Waals surface area (Å²) in [4.78, 5) is 25.2. The molecule has 7 heteroatoms. The quantitative estimate of drug-likeness (QED) is 0.425. The molecule has 0 fully saturated rings. The fourth-order valence-corrected chi connectivity index (χ4v) is 1.01. The minimum atomic E-state index is -1.69. The van der Waals surface area contributed by atoms with Crippen molar-refractivity contribution in [2.45, 2.75) is 26.0 Å². The number of nitrogens with zero attached hydrogens (tertiary/aromatic N) is 1. The first-order chi connectivity index (χ1) is 7.97. The Balaban J connectivity index is 2.96. The van der Waals surface area contributed by atoms with Gasteiger partial charge in [-0.05, 0) is 6.92 Å². The molecule has 17 heavy (non-hydrogen) atoms. The molecule has 0 spiro atoms. The molecule has 0 bridgehead atoms. The Labute approximate surface area is 96.3 Å². The van der Waals surface area contributed by atoms with Crippen molar-refractivity contribution in [2.24, 2.45) is 0 Å². The first-order valence-electron chi connectivity index (χ1n) is 4.74. The Bertz CT molecular complexity index is 537. The number of nitrogens with one attached hydrogen (secondary N) is 1. The maximum atomic E-state index is 11.6. The molecule has 92 valence electrons. The van der Waals surface area contributed by atoms with E-state index in [1.807, 2.05) is 0 Å². The van der Waals surface area contributed by atoms with E-state index in [0.717, 1.165) is 10.8 Å². The lowest BCUT2D eigenvalue weighted by Gasteiger charge is -2.15. The topological polar surface area (TPSA) is 105 Å². The summed E-state index contributed by atoms with van der Waals surface area (Å²) >= 11 is 0. The van der Waals surface area contributed by atoms with Crippen LogP contribution in [0.3, 0.4) is 0 Å². The Morgan fingerprint density at radius 1 is 1.59 bits per heavy atom. The van der Waals surface area contributed by atoms with Crippen molar-refractivity contribution in [1.82, 2.24) is 9.55 Å². The summed E-state index contributed by atoms with van der Waals surface area (Å²) in [5, 5.41) is 17.5. The molecule has 1 atom stereocenters. The molecule has 0 saturated carbocycles. The van der Waals surface area contributed by atoms with Crippen LogP contribution in [0.4, 0.5) is 0 Å². The summed E-state index contributed by atoms with van der Waals surface area (Å²) in [6, 6.07) is 0. The van der Waals surface area contributed by atoms with Crippen molar-refractivity contribution >= 4 is 0 Å². The minimum Gasteiger partial charge on any atom is -0.366 e. The van der Waals surface area contributed by atoms with E-state index < -0.39 is 30.4 Å². The van der Waals surface area contributed by atoms with Crippen molar-refractivity contribution in [1.29, 1.82) is 0 Å². The molecule has 7 nitrogen and oxygen atoms in total. The van der Waals surface area contributed by atoms with Crippen LogP contribution < -0.4 is 11.2 Å². The maximum Gasteiger partial charge on any atom is 0.330 e. The molecule has 3 N–H and O–H groups in total. The fraction of sp³-hybridized carbons (Fsp3) is 0.400. The van der Waals surface area contributed by atoms with Crippen LogP contribution >= 0.6 is 0 Å². The van der Waals surface area contributed by atoms with Crippen molar-refractivity contribution in [2.75, 3.05) is 0 Å². The molecule has 0 radical (unpaired) electrons. The number of H-pyrrole nitrogens is 1. The minimum absolute atomic E-state index is 0.00889. The van der Waals surface area contributed by atoms with Crippen molar-refractivity contribution in [3.63, 3.8) is 0 Å². The van der Waals surface area contributed by atoms with Gasteiger partial charge in [0.15, 0.2) is 6.29 Å². The Morgan fingerprint density at radius 3 is 2.76 bits per heavy atom. The zero-order valence-corrected chi connectivity index (χ0v) is 9.08. The average Bonchev–Trinajstić information content (AvgIpc) is 2.28. The summed E-state index contributed by atoms with van der Waals surface area (Å²) in [6.07, 6.45) is 3.57. The summed E-state index contributed by atoms with van der Waals surface area (Å²) in [5.74, 6) is 2.12. The SMILES string of the molecule is C#Cc1c[nH]c(=O)n(COC(C)C(O)O)c1=O. The standard InChI is InChI=1S/C10H12N2O5/c1-3-7-4-11-10(16)12(8(7)13)5-17-6(2)9(14)15/h1,4,6,9,14-15H,5H2,2H3,(H,11,16). The van der Waals surface area contributed by atoms with Gasteiger partial charge in [-0.25, -0.2) is 9.36 Å². The molecule has 1 aromatic heterocycles. The molecule has 0 aliphatic heterocycles. The van der Waals surface area contributed by atoms with Crippen LogP contribution in [0.15, 0.2) is 15.8 Å². The number of terminal acetylenes is 1. The number of rotatable bonds is 4. The highest BCUT2D eigenvalue weighted by atomic mass is 16.6. The van der Waals surface area contributed by atoms with E-state index in [1.54, 1.807) is 0 Å². The predicted molar refractivity (Wildman–Crippen MR) is 58.0 cm³/mol. The van der Waals surface area contributed by atoms with Gasteiger partial charge < -0.3 is 19.9 Å². The van der Waals surface area contributed by atoms with Crippen LogP contribution in [0.5, 0.6) is 0 Å². The molecule has 1 rings (SSSR count). The second-order valence-corrected chi connectivity index (χ2v) is 3.30. The zero-order valence-electron chi connectivity index (χ0n) is 9.08. The number of aliphatic hydroxyl groups is 2. The lowest BCUT2D eigenvalue weighted by atomic mass is 10.3. The molecule has 0 aliphatic rings. The van der Waals surface area contributed by atoms with Gasteiger partial charge in [0.1, 0.15) is 18.4 Å². The molecular formula is C10H12N2O5. The van der Waals surface area contributed by atoms with Gasteiger partial charge in [-0.1, -0.05) is 5.92 Å². The number of hydrogen-bond donors (Lipinski definition) is 3. The van der Waals surface area contributed by atoms with Crippen molar-refractivity contribution in [3.05, 3.63) is 32.6 Å². The fourth-order valence-electron chi connectivity index (χ4n) is 1.01. The molecular weight excluding hydrogens is 228 g/mol. The highest BCUT2D eigenvalue weighted by Crippen LogP contribution is 1.95. The lowest BCUT2D eigenvalue weighted by Crippen LogP contribution is -2.38. The van der Waals surface area contributed by atoms with Crippen molar-refractivity contribution in [3.8, 4) is 12.3 Å². The van der Waals surface area contributed by atoms with Crippen molar-refractivity contribution < 1.29 is 14.9 Å². The monoisotopic (exact) mass is 240 g/mol. The van der Waals surface area contributed by atoms with Crippen LogP contribution in [0.25, 0.3) is 0 Å². The third-order valence-corrected chi connectivity index (χ3v) is 2.10. The molecule has 0 saturated heterocycles. The van der Waals surface area contributed by atoms with Gasteiger partial charge in [0.2, 0.25) is 0 Å². The van der Waals surface area contributed by atoms with Gasteiger partial charge >= 0.3 is 5.69 Å². The third-order valence-electron chi connectivity index (χ3n) is 2.10. The van der Waals surface area contributed by atoms with Crippen LogP contribution in [0, 0.1) is 12.3 Å². The lowest BCUT2D eigenvalue weighted by molar-refractivity contribution is -0.152. The van der Waals surface area contributed by atoms with Gasteiger partial charge in [-0.15, -0.1) is 6.42 Å². The van der Waals surface area contributed by atoms with E-state index >= 15 is 0 Å². The Kier molecular flexibility index (Phi) is 4.23. The van der Waals surface area contributed by atoms with Crippen LogP contribution in [-0.2, 0) is 11.5 Å². The number of aromatic nitrogens is 2. The van der Waals surface area contributed by atoms with Gasteiger partial charge in [0.05, 0.1) is 0 Å². The summed E-state index contributed by atoms with van der Waals surface area (Å²) in [6.45, 7) is 0.970. The van der Waals surface area contributed by atoms with E-state index in [4.69, 9.17) is 21.4 Å². The highest BCUT2D eigenvalue weighted by Gasteiger charge is 2.12. The first-order valence-corrected chi connectivity index (χ1v) is 4.74. The first kappa shape index (κ1) is 13.2. The second kappa shape index (κ2) is 5.45. The zero-order chi connectivity index (χ0) is 13.0. The molecule has 1 heterocycles. The Morgan fingerprint density at radius 2 is 2.24 bits per heavy atom. The van der Waals surface area contributed by atoms with Gasteiger partial charge in [-0.2, -0.15) is 0 Å². The molecule has 1 aromatic rings. The van der Waals surface area contributed by atoms with Gasteiger partial charge in [0.25, 0.3) is 5.56 Å². The normalized spacial score (nSPS) is 12.4. The average molecular weight is 240 g/mol. The number of aliphatic hydroxyl groups excluding tert-OH is 1. The third kappa shape index (κ3) is 3.04. The van der Waals surface area contributed by atoms with Gasteiger partial charge in [0, 0.05) is 6.20 Å². The molecule has 0 aromatic carbocycles. The predicted octanol–water partition coefficient (Wildman–Crippen LogP) is -1.81. The molecule has 0 aliphatic carbocycles. The van der Waals surface area contributed by atoms with E-state index in [9.17, 15) is 9.59 Å². The second-order valence-electron chi connectivity index (χ2n) is 3.30. The summed E-state index contributed by atoms with van der Waals surface area (Å²) < 4.78 is 5.66. The summed E-state index contributed by atoms with van der Waals surface area (Å²) in [7, 11) is 0. The highest BCUT2D eigenvalue weighted by molar-refractivity contribution is 5.25. The van der Waals surface area contributed by atoms with Gasteiger partial charge in [-0.3, -0.25) is 4.79 Å². The summed E-state index contributed by atoms with van der Waals surface area (Å²) in [5.41, 5.74) is -1.37. The van der Waals surface area contributed by atoms with E-state index in [0.29, 0.717) is 0 Å². The Hall–Kier alpha value is -1.88. The van der Waals surface area contributed by atoms with E-state index in [1.165, 1.54) is 6.92 Å². The smallest absolute Gasteiger partial charge is 0.330 e. The van der Waals surface area contributed by atoms with E-state index in [2.05, 4.69) is 10.9 Å². The van der Waals surface area contributed by atoms with Crippen LogP contribution in [0.1, 0.15) is 12.5 Å². The molecule has 0 amide bonds. The number of hydrogen-bond acceptors (Lipinski definition) is 5. The molecule has 1 unspecified atom stereocenters. The van der Waals surface area contributed by atoms with Crippen LogP contribution in [-0.4, -0.2) is 32.2 Å². The number of ether oxygens (including phenoxy) is 1. The maximum absolute atomic E-state index is 11.6. The van der Waals surface area contributed by atoms with E-state index in [-0.39, 0.29) is 5.56 Å². The van der Waals surface area contributed by atoms with Crippen LogP contribution in [0.2, 0.25) is 0 Å². The largest absolute Gasteiger partial charge is 0.366 e.